The molecule has 7 nitrogen and oxygen atoms in total. The number of aliphatic hydroxyl groups is 1. The zero-order valence-electron chi connectivity index (χ0n) is 22.7. The highest BCUT2D eigenvalue weighted by atomic mass is 79.9. The van der Waals surface area contributed by atoms with Gasteiger partial charge in [0.15, 0.2) is 0 Å². The Bertz CT molecular complexity index is 1070. The van der Waals surface area contributed by atoms with Gasteiger partial charge in [0, 0.05) is 49.4 Å². The minimum absolute atomic E-state index is 0.0133. The number of thioether (sulfide) groups is 1. The van der Waals surface area contributed by atoms with Crippen molar-refractivity contribution in [3.05, 3.63) is 61.2 Å². The normalized spacial score (nSPS) is 28.8. The van der Waals surface area contributed by atoms with E-state index in [0.29, 0.717) is 45.6 Å². The van der Waals surface area contributed by atoms with E-state index < -0.39 is 22.6 Å². The smallest absolute Gasteiger partial charge is 0.247 e. The number of aliphatic hydroxyl groups excluding tert-OH is 1. The van der Waals surface area contributed by atoms with Crippen LogP contribution in [-0.4, -0.2) is 91.2 Å². The molecule has 39 heavy (non-hydrogen) atoms. The first-order valence-corrected chi connectivity index (χ1v) is 15.7. The van der Waals surface area contributed by atoms with Crippen LogP contribution in [0.25, 0.3) is 0 Å². The molecule has 3 amide bonds. The molecule has 3 fully saturated rings. The van der Waals surface area contributed by atoms with Crippen LogP contribution in [0, 0.1) is 11.8 Å². The predicted octanol–water partition coefficient (Wildman–Crippen LogP) is 3.86. The molecule has 0 aliphatic carbocycles. The standard InChI is InChI=1S/C30H40BrN3O4S/c1-4-7-16-32(14-5-2)29(38)26-30-19-22(31)25(39-30)23(24(30)28(37)34(26)17-11-18-35)27(36)33(15-6-3)20-21-12-9-8-10-13-21/h5-6,8-10,12-13,22-26,35H,2-4,7,11,14-20H2,1H3/t22?,23-,24+,25-,26?,30?/m1/s1. The summed E-state index contributed by atoms with van der Waals surface area (Å²) in [5, 5.41) is 9.50. The molecule has 212 valence electrons. The summed E-state index contributed by atoms with van der Waals surface area (Å²) in [5.41, 5.74) is 1.01. The number of alkyl halides is 1. The third kappa shape index (κ3) is 5.59. The quantitative estimate of drug-likeness (QED) is 0.253. The SMILES string of the molecule is C=CCN(CCCC)C(=O)C1N(CCCO)C(=O)[C@@H]2[C@@H](C(=O)N(CC=C)Cc3ccccc3)[C@@H]3SC12CC3Br. The van der Waals surface area contributed by atoms with Gasteiger partial charge in [0.2, 0.25) is 17.7 Å². The lowest BCUT2D eigenvalue weighted by Gasteiger charge is -2.38. The van der Waals surface area contributed by atoms with Gasteiger partial charge in [0.25, 0.3) is 0 Å². The molecule has 6 atom stereocenters. The summed E-state index contributed by atoms with van der Waals surface area (Å²) in [5.74, 6) is -1.40. The first-order chi connectivity index (χ1) is 18.8. The van der Waals surface area contributed by atoms with E-state index in [0.717, 1.165) is 18.4 Å². The van der Waals surface area contributed by atoms with Gasteiger partial charge in [-0.15, -0.1) is 24.9 Å². The number of carbonyl (C=O) groups excluding carboxylic acids is 3. The number of likely N-dealkylation sites (tertiary alicyclic amines) is 1. The highest BCUT2D eigenvalue weighted by Gasteiger charge is 2.75. The topological polar surface area (TPSA) is 81.2 Å². The predicted molar refractivity (Wildman–Crippen MR) is 159 cm³/mol. The van der Waals surface area contributed by atoms with E-state index in [1.54, 1.807) is 33.7 Å². The van der Waals surface area contributed by atoms with E-state index in [1.807, 2.05) is 35.2 Å². The van der Waals surface area contributed by atoms with Gasteiger partial charge in [-0.2, -0.15) is 0 Å². The highest BCUT2D eigenvalue weighted by Crippen LogP contribution is 2.68. The second-order valence-corrected chi connectivity index (χ2v) is 13.4. The molecule has 3 aliphatic rings. The molecule has 4 rings (SSSR count). The van der Waals surface area contributed by atoms with Crippen molar-refractivity contribution in [1.82, 2.24) is 14.7 Å². The lowest BCUT2D eigenvalue weighted by atomic mass is 9.70. The summed E-state index contributed by atoms with van der Waals surface area (Å²) >= 11 is 5.50. The number of rotatable bonds is 14. The van der Waals surface area contributed by atoms with E-state index in [-0.39, 0.29) is 34.4 Å². The molecular weight excluding hydrogens is 578 g/mol. The van der Waals surface area contributed by atoms with Gasteiger partial charge in [-0.05, 0) is 24.8 Å². The molecule has 1 aromatic rings. The Morgan fingerprint density at radius 1 is 1.15 bits per heavy atom. The van der Waals surface area contributed by atoms with Gasteiger partial charge in [-0.3, -0.25) is 14.4 Å². The summed E-state index contributed by atoms with van der Waals surface area (Å²) < 4.78 is -0.693. The van der Waals surface area contributed by atoms with Crippen LogP contribution >= 0.6 is 27.7 Å². The number of hydrogen-bond donors (Lipinski definition) is 1. The van der Waals surface area contributed by atoms with Crippen molar-refractivity contribution in [2.75, 3.05) is 32.8 Å². The Hall–Kier alpha value is -2.10. The van der Waals surface area contributed by atoms with Gasteiger partial charge in [0.05, 0.1) is 16.6 Å². The molecule has 0 radical (unpaired) electrons. The van der Waals surface area contributed by atoms with E-state index in [9.17, 15) is 19.5 Å². The largest absolute Gasteiger partial charge is 0.396 e. The first-order valence-electron chi connectivity index (χ1n) is 13.9. The lowest BCUT2D eigenvalue weighted by molar-refractivity contribution is -0.145. The number of benzene rings is 1. The van der Waals surface area contributed by atoms with Gasteiger partial charge < -0.3 is 19.8 Å². The van der Waals surface area contributed by atoms with Gasteiger partial charge in [-0.25, -0.2) is 0 Å². The molecule has 1 N–H and O–H groups in total. The van der Waals surface area contributed by atoms with Crippen molar-refractivity contribution in [2.45, 2.75) is 60.0 Å². The molecule has 3 heterocycles. The van der Waals surface area contributed by atoms with E-state index in [4.69, 9.17) is 0 Å². The summed E-state index contributed by atoms with van der Waals surface area (Å²) in [7, 11) is 0. The third-order valence-electron chi connectivity index (χ3n) is 8.19. The van der Waals surface area contributed by atoms with Crippen LogP contribution in [0.4, 0.5) is 0 Å². The third-order valence-corrected chi connectivity index (χ3v) is 11.4. The summed E-state index contributed by atoms with van der Waals surface area (Å²) in [6.45, 7) is 11.8. The van der Waals surface area contributed by atoms with Gasteiger partial charge in [0.1, 0.15) is 6.04 Å². The van der Waals surface area contributed by atoms with Crippen LogP contribution in [-0.2, 0) is 20.9 Å². The van der Waals surface area contributed by atoms with Crippen LogP contribution in [0.3, 0.4) is 0 Å². The van der Waals surface area contributed by atoms with E-state index >= 15 is 0 Å². The Morgan fingerprint density at radius 2 is 1.85 bits per heavy atom. The van der Waals surface area contributed by atoms with Crippen LogP contribution in [0.5, 0.6) is 0 Å². The average molecular weight is 619 g/mol. The molecule has 1 aromatic carbocycles. The monoisotopic (exact) mass is 617 g/mol. The van der Waals surface area contributed by atoms with Crippen molar-refractivity contribution < 1.29 is 19.5 Å². The van der Waals surface area contributed by atoms with Gasteiger partial charge in [-0.1, -0.05) is 71.8 Å². The fraction of sp³-hybridized carbons (Fsp3) is 0.567. The zero-order valence-corrected chi connectivity index (χ0v) is 25.1. The Labute approximate surface area is 244 Å². The van der Waals surface area contributed by atoms with Crippen LogP contribution in [0.1, 0.15) is 38.2 Å². The number of halogens is 1. The number of nitrogens with zero attached hydrogens (tertiary/aromatic N) is 3. The molecule has 3 saturated heterocycles. The number of amides is 3. The number of carbonyl (C=O) groups is 3. The van der Waals surface area contributed by atoms with Crippen LogP contribution < -0.4 is 0 Å². The second kappa shape index (κ2) is 13.0. The average Bonchev–Trinajstić information content (AvgIpc) is 3.52. The van der Waals surface area contributed by atoms with Crippen molar-refractivity contribution in [3.63, 3.8) is 0 Å². The summed E-state index contributed by atoms with van der Waals surface area (Å²) in [6, 6.07) is 9.15. The maximum absolute atomic E-state index is 14.3. The van der Waals surface area contributed by atoms with Crippen LogP contribution in [0.2, 0.25) is 0 Å². The Balaban J connectivity index is 1.71. The maximum atomic E-state index is 14.3. The van der Waals surface area contributed by atoms with E-state index in [2.05, 4.69) is 36.0 Å². The summed E-state index contributed by atoms with van der Waals surface area (Å²) in [6.07, 6.45) is 6.29. The number of fused-ring (bicyclic) bond motifs is 1. The first kappa shape index (κ1) is 29.9. The molecule has 9 heteroatoms. The Kier molecular flexibility index (Phi) is 9.99. The van der Waals surface area contributed by atoms with Crippen molar-refractivity contribution in [1.29, 1.82) is 0 Å². The maximum Gasteiger partial charge on any atom is 0.247 e. The second-order valence-electron chi connectivity index (χ2n) is 10.7. The number of hydrogen-bond acceptors (Lipinski definition) is 5. The summed E-state index contributed by atoms with van der Waals surface area (Å²) in [4.78, 5) is 48.0. The molecule has 0 saturated carbocycles. The fourth-order valence-corrected chi connectivity index (χ4v) is 10.1. The van der Waals surface area contributed by atoms with E-state index in [1.165, 1.54) is 0 Å². The van der Waals surface area contributed by atoms with Gasteiger partial charge >= 0.3 is 0 Å². The molecule has 2 bridgehead atoms. The Morgan fingerprint density at radius 3 is 2.49 bits per heavy atom. The molecule has 0 aromatic heterocycles. The molecular formula is C30H40BrN3O4S. The van der Waals surface area contributed by atoms with Crippen LogP contribution in [0.15, 0.2) is 55.6 Å². The molecule has 3 aliphatic heterocycles. The fourth-order valence-electron chi connectivity index (χ4n) is 6.54. The van der Waals surface area contributed by atoms with Crippen molar-refractivity contribution in [3.8, 4) is 0 Å². The molecule has 1 spiro atoms. The molecule has 3 unspecified atom stereocenters. The van der Waals surface area contributed by atoms with Crippen molar-refractivity contribution in [2.24, 2.45) is 11.8 Å². The van der Waals surface area contributed by atoms with Crippen molar-refractivity contribution >= 4 is 45.4 Å². The lowest BCUT2D eigenvalue weighted by Crippen LogP contribution is -2.56. The minimum atomic E-state index is -0.693. The zero-order chi connectivity index (χ0) is 28.2. The minimum Gasteiger partial charge on any atom is -0.396 e. The highest BCUT2D eigenvalue weighted by molar-refractivity contribution is 9.09. The number of unbranched alkanes of at least 4 members (excludes halogenated alkanes) is 1.